The SMILES string of the molecule is CCCCCCCCCCCCC/C=C/C(O)C[NH3+]. The lowest BCUT2D eigenvalue weighted by Gasteiger charge is -2.02. The van der Waals surface area contributed by atoms with E-state index in [9.17, 15) is 5.11 Å². The Kier molecular flexibility index (Phi) is 15.4. The number of rotatable bonds is 14. The highest BCUT2D eigenvalue weighted by Gasteiger charge is 1.95. The van der Waals surface area contributed by atoms with Gasteiger partial charge in [-0.05, 0) is 12.8 Å². The average Bonchev–Trinajstić information content (AvgIpc) is 2.43. The highest BCUT2D eigenvalue weighted by Crippen LogP contribution is 2.11. The smallest absolute Gasteiger partial charge is 0.121 e. The zero-order valence-electron chi connectivity index (χ0n) is 13.1. The summed E-state index contributed by atoms with van der Waals surface area (Å²) < 4.78 is 0. The van der Waals surface area contributed by atoms with Gasteiger partial charge in [0.25, 0.3) is 0 Å². The Morgan fingerprint density at radius 1 is 0.842 bits per heavy atom. The summed E-state index contributed by atoms with van der Waals surface area (Å²) in [7, 11) is 0. The minimum absolute atomic E-state index is 0.340. The number of hydrogen-bond donors (Lipinski definition) is 2. The van der Waals surface area contributed by atoms with Crippen LogP contribution in [0.5, 0.6) is 0 Å². The quantitative estimate of drug-likeness (QED) is 0.365. The second-order valence-corrected chi connectivity index (χ2v) is 5.61. The number of unbranched alkanes of at least 4 members (excludes halogenated alkanes) is 11. The van der Waals surface area contributed by atoms with Gasteiger partial charge in [0, 0.05) is 0 Å². The fourth-order valence-corrected chi connectivity index (χ4v) is 2.28. The van der Waals surface area contributed by atoms with Crippen molar-refractivity contribution in [2.45, 2.75) is 90.1 Å². The molecule has 0 rings (SSSR count). The summed E-state index contributed by atoms with van der Waals surface area (Å²) in [5, 5.41) is 9.29. The Morgan fingerprint density at radius 3 is 1.79 bits per heavy atom. The van der Waals surface area contributed by atoms with Crippen molar-refractivity contribution in [1.82, 2.24) is 0 Å². The van der Waals surface area contributed by atoms with Crippen molar-refractivity contribution >= 4 is 0 Å². The number of aliphatic hydroxyl groups excluding tert-OH is 1. The normalized spacial score (nSPS) is 13.2. The molecule has 0 aromatic rings. The van der Waals surface area contributed by atoms with Crippen LogP contribution < -0.4 is 5.73 Å². The van der Waals surface area contributed by atoms with Crippen molar-refractivity contribution in [3.8, 4) is 0 Å². The van der Waals surface area contributed by atoms with E-state index in [-0.39, 0.29) is 6.10 Å². The Hall–Kier alpha value is -0.340. The van der Waals surface area contributed by atoms with Gasteiger partial charge in [-0.15, -0.1) is 0 Å². The van der Waals surface area contributed by atoms with E-state index in [0.717, 1.165) is 6.42 Å². The second kappa shape index (κ2) is 15.7. The Labute approximate surface area is 120 Å². The second-order valence-electron chi connectivity index (χ2n) is 5.61. The summed E-state index contributed by atoms with van der Waals surface area (Å²) in [6.45, 7) is 2.85. The minimum Gasteiger partial charge on any atom is -0.383 e. The van der Waals surface area contributed by atoms with E-state index in [1.165, 1.54) is 70.6 Å². The summed E-state index contributed by atoms with van der Waals surface area (Å²) in [6, 6.07) is 0. The molecule has 19 heavy (non-hydrogen) atoms. The van der Waals surface area contributed by atoms with E-state index in [0.29, 0.717) is 6.54 Å². The zero-order valence-corrected chi connectivity index (χ0v) is 13.1. The van der Waals surface area contributed by atoms with E-state index in [2.05, 4.69) is 18.7 Å². The van der Waals surface area contributed by atoms with E-state index >= 15 is 0 Å². The van der Waals surface area contributed by atoms with Crippen LogP contribution in [0.2, 0.25) is 0 Å². The van der Waals surface area contributed by atoms with E-state index < -0.39 is 0 Å². The van der Waals surface area contributed by atoms with Crippen LogP contribution in [0.15, 0.2) is 12.2 Å². The third kappa shape index (κ3) is 15.6. The minimum atomic E-state index is -0.340. The van der Waals surface area contributed by atoms with Gasteiger partial charge in [-0.3, -0.25) is 0 Å². The zero-order chi connectivity index (χ0) is 14.2. The van der Waals surface area contributed by atoms with E-state index in [1.807, 2.05) is 6.08 Å². The predicted octanol–water partition coefficient (Wildman–Crippen LogP) is 3.85. The van der Waals surface area contributed by atoms with Crippen LogP contribution in [-0.4, -0.2) is 17.8 Å². The molecular weight excluding hydrogens is 234 g/mol. The van der Waals surface area contributed by atoms with Crippen molar-refractivity contribution in [2.75, 3.05) is 6.54 Å². The van der Waals surface area contributed by atoms with Gasteiger partial charge < -0.3 is 10.8 Å². The molecule has 0 aliphatic carbocycles. The van der Waals surface area contributed by atoms with E-state index in [4.69, 9.17) is 0 Å². The van der Waals surface area contributed by atoms with Gasteiger partial charge in [-0.2, -0.15) is 0 Å². The van der Waals surface area contributed by atoms with Crippen LogP contribution in [0.25, 0.3) is 0 Å². The molecule has 0 radical (unpaired) electrons. The summed E-state index contributed by atoms with van der Waals surface area (Å²) in [5.74, 6) is 0. The molecular formula is C17H36NO+. The number of quaternary nitrogens is 1. The first-order chi connectivity index (χ1) is 9.31. The van der Waals surface area contributed by atoms with Gasteiger partial charge in [0.2, 0.25) is 0 Å². The fourth-order valence-electron chi connectivity index (χ4n) is 2.28. The number of hydrogen-bond acceptors (Lipinski definition) is 1. The lowest BCUT2D eigenvalue weighted by molar-refractivity contribution is -0.379. The maximum atomic E-state index is 9.29. The van der Waals surface area contributed by atoms with Gasteiger partial charge in [-0.25, -0.2) is 0 Å². The van der Waals surface area contributed by atoms with Crippen molar-refractivity contribution < 1.29 is 10.8 Å². The van der Waals surface area contributed by atoms with Crippen molar-refractivity contribution in [3.05, 3.63) is 12.2 Å². The first-order valence-electron chi connectivity index (χ1n) is 8.45. The van der Waals surface area contributed by atoms with Crippen LogP contribution in [-0.2, 0) is 0 Å². The third-order valence-corrected chi connectivity index (χ3v) is 3.63. The van der Waals surface area contributed by atoms with Crippen LogP contribution in [0, 0.1) is 0 Å². The molecule has 1 atom stereocenters. The van der Waals surface area contributed by atoms with Crippen molar-refractivity contribution in [2.24, 2.45) is 0 Å². The topological polar surface area (TPSA) is 47.9 Å². The molecule has 114 valence electrons. The fraction of sp³-hybridized carbons (Fsp3) is 0.882. The molecule has 0 amide bonds. The third-order valence-electron chi connectivity index (χ3n) is 3.63. The lowest BCUT2D eigenvalue weighted by Crippen LogP contribution is -2.55. The van der Waals surface area contributed by atoms with Crippen molar-refractivity contribution in [3.63, 3.8) is 0 Å². The van der Waals surface area contributed by atoms with Crippen LogP contribution >= 0.6 is 0 Å². The molecule has 0 aliphatic heterocycles. The lowest BCUT2D eigenvalue weighted by atomic mass is 10.1. The standard InChI is InChI=1S/C17H35NO/c1-2-3-4-5-6-7-8-9-10-11-12-13-14-15-17(19)16-18/h14-15,17,19H,2-13,16,18H2,1H3/p+1/b15-14+. The largest absolute Gasteiger partial charge is 0.383 e. The molecule has 0 bridgehead atoms. The average molecular weight is 270 g/mol. The molecule has 2 heteroatoms. The summed E-state index contributed by atoms with van der Waals surface area (Å²) in [5.41, 5.74) is 3.66. The highest BCUT2D eigenvalue weighted by molar-refractivity contribution is 4.87. The first-order valence-corrected chi connectivity index (χ1v) is 8.45. The summed E-state index contributed by atoms with van der Waals surface area (Å²) in [6.07, 6.45) is 20.0. The van der Waals surface area contributed by atoms with E-state index in [1.54, 1.807) is 0 Å². The molecule has 0 heterocycles. The van der Waals surface area contributed by atoms with Gasteiger partial charge in [-0.1, -0.05) is 83.3 Å². The summed E-state index contributed by atoms with van der Waals surface area (Å²) >= 11 is 0. The Bertz CT molecular complexity index is 192. The van der Waals surface area contributed by atoms with Gasteiger partial charge >= 0.3 is 0 Å². The first kappa shape index (κ1) is 18.7. The molecule has 0 saturated carbocycles. The monoisotopic (exact) mass is 270 g/mol. The summed E-state index contributed by atoms with van der Waals surface area (Å²) in [4.78, 5) is 0. The van der Waals surface area contributed by atoms with Crippen LogP contribution in [0.1, 0.15) is 84.0 Å². The van der Waals surface area contributed by atoms with Crippen molar-refractivity contribution in [1.29, 1.82) is 0 Å². The number of aliphatic hydroxyl groups is 1. The van der Waals surface area contributed by atoms with Gasteiger partial charge in [0.05, 0.1) is 0 Å². The maximum Gasteiger partial charge on any atom is 0.121 e. The number of allylic oxidation sites excluding steroid dienone is 1. The van der Waals surface area contributed by atoms with Gasteiger partial charge in [0.15, 0.2) is 0 Å². The molecule has 0 aromatic heterocycles. The molecule has 1 unspecified atom stereocenters. The molecule has 0 spiro atoms. The van der Waals surface area contributed by atoms with Crippen LogP contribution in [0.3, 0.4) is 0 Å². The Morgan fingerprint density at radius 2 is 1.32 bits per heavy atom. The maximum absolute atomic E-state index is 9.29. The molecule has 0 fully saturated rings. The molecule has 0 aliphatic rings. The molecule has 2 nitrogen and oxygen atoms in total. The molecule has 0 saturated heterocycles. The van der Waals surface area contributed by atoms with Crippen LogP contribution in [0.4, 0.5) is 0 Å². The predicted molar refractivity (Wildman–Crippen MR) is 84.0 cm³/mol. The Balaban J connectivity index is 3.05. The molecule has 4 N–H and O–H groups in total. The van der Waals surface area contributed by atoms with Gasteiger partial charge in [0.1, 0.15) is 12.6 Å². The highest BCUT2D eigenvalue weighted by atomic mass is 16.3. The molecule has 0 aromatic carbocycles.